The zero-order valence-electron chi connectivity index (χ0n) is 17.5. The molecule has 2 aromatic rings. The van der Waals surface area contributed by atoms with E-state index in [2.05, 4.69) is 28.1 Å². The molecule has 1 saturated heterocycles. The quantitative estimate of drug-likeness (QED) is 0.723. The van der Waals surface area contributed by atoms with Crippen LogP contribution in [0.5, 0.6) is 0 Å². The van der Waals surface area contributed by atoms with Crippen molar-refractivity contribution in [3.63, 3.8) is 0 Å². The highest BCUT2D eigenvalue weighted by molar-refractivity contribution is 5.80. The standard InChI is InChI=1S/C26H27FN2O2/c27-20-10-7-17(8-11-20)5-6-18-9-12-23-22(15-18)25-21(24(16-30)28-23)13-14-29(25)26(31)19-3-1-2-4-19/h7-12,15,19,21,24-25,28,30H,1-4,13-14,16H2/t21-,24-,25-/m1/s1. The first-order valence-corrected chi connectivity index (χ1v) is 11.2. The van der Waals surface area contributed by atoms with Gasteiger partial charge in [0.15, 0.2) is 0 Å². The summed E-state index contributed by atoms with van der Waals surface area (Å²) in [5.41, 5.74) is 3.68. The van der Waals surface area contributed by atoms with Crippen LogP contribution in [0.15, 0.2) is 42.5 Å². The lowest BCUT2D eigenvalue weighted by molar-refractivity contribution is -0.136. The van der Waals surface area contributed by atoms with E-state index in [1.54, 1.807) is 12.1 Å². The van der Waals surface area contributed by atoms with Gasteiger partial charge in [-0.05, 0) is 67.3 Å². The van der Waals surface area contributed by atoms with Crippen LogP contribution in [0.25, 0.3) is 0 Å². The van der Waals surface area contributed by atoms with Crippen LogP contribution in [0.2, 0.25) is 0 Å². The zero-order valence-corrected chi connectivity index (χ0v) is 17.5. The van der Waals surface area contributed by atoms with Crippen LogP contribution in [0, 0.1) is 29.5 Å². The average molecular weight is 419 g/mol. The van der Waals surface area contributed by atoms with Gasteiger partial charge >= 0.3 is 0 Å². The van der Waals surface area contributed by atoms with E-state index >= 15 is 0 Å². The van der Waals surface area contributed by atoms with Gasteiger partial charge < -0.3 is 15.3 Å². The smallest absolute Gasteiger partial charge is 0.226 e. The van der Waals surface area contributed by atoms with Crippen LogP contribution < -0.4 is 5.32 Å². The molecule has 0 spiro atoms. The Morgan fingerprint density at radius 1 is 1.06 bits per heavy atom. The van der Waals surface area contributed by atoms with Gasteiger partial charge in [0.1, 0.15) is 5.82 Å². The van der Waals surface area contributed by atoms with Crippen LogP contribution >= 0.6 is 0 Å². The number of hydrogen-bond donors (Lipinski definition) is 2. The summed E-state index contributed by atoms with van der Waals surface area (Å²) in [5, 5.41) is 13.4. The van der Waals surface area contributed by atoms with Crippen LogP contribution in [-0.2, 0) is 4.79 Å². The van der Waals surface area contributed by atoms with Crippen molar-refractivity contribution in [1.82, 2.24) is 4.90 Å². The molecule has 1 amide bonds. The first-order valence-electron chi connectivity index (χ1n) is 11.2. The molecule has 2 fully saturated rings. The highest BCUT2D eigenvalue weighted by Gasteiger charge is 2.46. The number of rotatable bonds is 2. The van der Waals surface area contributed by atoms with Crippen molar-refractivity contribution in [2.24, 2.45) is 11.8 Å². The molecule has 4 nitrogen and oxygen atoms in total. The molecule has 5 rings (SSSR count). The lowest BCUT2D eigenvalue weighted by Gasteiger charge is -2.39. The summed E-state index contributed by atoms with van der Waals surface area (Å²) >= 11 is 0. The molecule has 0 aromatic heterocycles. The van der Waals surface area contributed by atoms with Crippen LogP contribution in [-0.4, -0.2) is 35.1 Å². The number of fused-ring (bicyclic) bond motifs is 3. The van der Waals surface area contributed by atoms with Gasteiger partial charge in [-0.3, -0.25) is 4.79 Å². The van der Waals surface area contributed by atoms with Crippen molar-refractivity contribution in [3.8, 4) is 11.8 Å². The highest BCUT2D eigenvalue weighted by Crippen LogP contribution is 2.47. The molecule has 160 valence electrons. The number of halogens is 1. The molecule has 3 atom stereocenters. The number of carbonyl (C=O) groups excluding carboxylic acids is 1. The molecule has 2 aliphatic heterocycles. The molecule has 0 bridgehead atoms. The number of amides is 1. The maximum absolute atomic E-state index is 13.3. The first-order chi connectivity index (χ1) is 15.1. The molecule has 2 aromatic carbocycles. The van der Waals surface area contributed by atoms with Crippen molar-refractivity contribution in [2.45, 2.75) is 44.2 Å². The Hall–Kier alpha value is -2.84. The second kappa shape index (κ2) is 8.36. The van der Waals surface area contributed by atoms with E-state index < -0.39 is 0 Å². The summed E-state index contributed by atoms with van der Waals surface area (Å²) in [6, 6.07) is 12.1. The first kappa shape index (κ1) is 20.1. The van der Waals surface area contributed by atoms with E-state index in [0.29, 0.717) is 0 Å². The monoisotopic (exact) mass is 418 g/mol. The van der Waals surface area contributed by atoms with Gasteiger partial charge in [0, 0.05) is 35.2 Å². The molecule has 1 aliphatic carbocycles. The van der Waals surface area contributed by atoms with Gasteiger partial charge in [0.2, 0.25) is 5.91 Å². The second-order valence-electron chi connectivity index (χ2n) is 8.90. The van der Waals surface area contributed by atoms with Crippen molar-refractivity contribution >= 4 is 11.6 Å². The summed E-state index contributed by atoms with van der Waals surface area (Å²) in [5.74, 6) is 6.62. The zero-order chi connectivity index (χ0) is 21.4. The number of anilines is 1. The molecule has 3 aliphatic rings. The average Bonchev–Trinajstić information content (AvgIpc) is 3.48. The van der Waals surface area contributed by atoms with Gasteiger partial charge in [-0.2, -0.15) is 0 Å². The summed E-state index contributed by atoms with van der Waals surface area (Å²) < 4.78 is 13.1. The van der Waals surface area contributed by atoms with Gasteiger partial charge in [-0.1, -0.05) is 24.7 Å². The van der Waals surface area contributed by atoms with E-state index in [4.69, 9.17) is 0 Å². The van der Waals surface area contributed by atoms with Crippen molar-refractivity contribution in [2.75, 3.05) is 18.5 Å². The van der Waals surface area contributed by atoms with E-state index in [1.807, 2.05) is 12.1 Å². The van der Waals surface area contributed by atoms with Gasteiger partial charge in [-0.15, -0.1) is 0 Å². The molecule has 0 radical (unpaired) electrons. The van der Waals surface area contributed by atoms with E-state index in [-0.39, 0.29) is 42.3 Å². The fraction of sp³-hybridized carbons (Fsp3) is 0.423. The minimum Gasteiger partial charge on any atom is -0.394 e. The third-order valence-electron chi connectivity index (χ3n) is 7.05. The minimum atomic E-state index is -0.275. The Kier molecular flexibility index (Phi) is 5.41. The van der Waals surface area contributed by atoms with Crippen LogP contribution in [0.1, 0.15) is 54.8 Å². The third-order valence-corrected chi connectivity index (χ3v) is 7.05. The number of aliphatic hydroxyl groups excluding tert-OH is 1. The molecule has 2 heterocycles. The Bertz CT molecular complexity index is 1030. The number of carbonyl (C=O) groups is 1. The van der Waals surface area contributed by atoms with Gasteiger partial charge in [0.05, 0.1) is 18.7 Å². The molecular formula is C26H27FN2O2. The second-order valence-corrected chi connectivity index (χ2v) is 8.90. The predicted molar refractivity (Wildman–Crippen MR) is 118 cm³/mol. The largest absolute Gasteiger partial charge is 0.394 e. The molecule has 5 heteroatoms. The third kappa shape index (κ3) is 3.81. The number of aliphatic hydroxyl groups is 1. The molecule has 1 saturated carbocycles. The van der Waals surface area contributed by atoms with E-state index in [0.717, 1.165) is 61.0 Å². The Morgan fingerprint density at radius 2 is 1.77 bits per heavy atom. The Morgan fingerprint density at radius 3 is 2.52 bits per heavy atom. The number of benzene rings is 2. The summed E-state index contributed by atoms with van der Waals surface area (Å²) in [6.07, 6.45) is 5.15. The van der Waals surface area contributed by atoms with Gasteiger partial charge in [-0.25, -0.2) is 4.39 Å². The predicted octanol–water partition coefficient (Wildman–Crippen LogP) is 4.09. The van der Waals surface area contributed by atoms with Gasteiger partial charge in [0.25, 0.3) is 0 Å². The number of likely N-dealkylation sites (tertiary alicyclic amines) is 1. The summed E-state index contributed by atoms with van der Waals surface area (Å²) in [4.78, 5) is 15.4. The molecule has 31 heavy (non-hydrogen) atoms. The summed E-state index contributed by atoms with van der Waals surface area (Å²) in [7, 11) is 0. The minimum absolute atomic E-state index is 0.0194. The summed E-state index contributed by atoms with van der Waals surface area (Å²) in [6.45, 7) is 0.798. The Labute approximate surface area is 182 Å². The Balaban J connectivity index is 1.48. The van der Waals surface area contributed by atoms with E-state index in [9.17, 15) is 14.3 Å². The van der Waals surface area contributed by atoms with Crippen LogP contribution in [0.3, 0.4) is 0 Å². The SMILES string of the molecule is O=C(C1CCCC1)N1CC[C@@H]2[C@@H](CO)Nc3ccc(C#Cc4ccc(F)cc4)cc3[C@@H]21. The molecule has 2 N–H and O–H groups in total. The number of nitrogens with zero attached hydrogens (tertiary/aromatic N) is 1. The molecular weight excluding hydrogens is 391 g/mol. The van der Waals surface area contributed by atoms with Crippen LogP contribution in [0.4, 0.5) is 10.1 Å². The lowest BCUT2D eigenvalue weighted by Crippen LogP contribution is -2.44. The van der Waals surface area contributed by atoms with Crippen molar-refractivity contribution in [1.29, 1.82) is 0 Å². The maximum atomic E-state index is 13.3. The molecule has 0 unspecified atom stereocenters. The normalized spacial score (nSPS) is 24.7. The van der Waals surface area contributed by atoms with Crippen molar-refractivity contribution in [3.05, 3.63) is 65.0 Å². The number of hydrogen-bond acceptors (Lipinski definition) is 3. The van der Waals surface area contributed by atoms with E-state index in [1.165, 1.54) is 12.1 Å². The maximum Gasteiger partial charge on any atom is 0.226 e. The fourth-order valence-corrected chi connectivity index (χ4v) is 5.47. The number of nitrogens with one attached hydrogen (secondary N) is 1. The topological polar surface area (TPSA) is 52.6 Å². The lowest BCUT2D eigenvalue weighted by atomic mass is 9.82. The fourth-order valence-electron chi connectivity index (χ4n) is 5.47. The highest BCUT2D eigenvalue weighted by atomic mass is 19.1. The van der Waals surface area contributed by atoms with Crippen molar-refractivity contribution < 1.29 is 14.3 Å².